The third-order valence-electron chi connectivity index (χ3n) is 5.28. The molecule has 0 radical (unpaired) electrons. The zero-order valence-corrected chi connectivity index (χ0v) is 18.5. The molecule has 1 aromatic heterocycles. The van der Waals surface area contributed by atoms with E-state index >= 15 is 0 Å². The zero-order chi connectivity index (χ0) is 18.9. The number of rotatable bonds is 17. The van der Waals surface area contributed by atoms with Crippen molar-refractivity contribution in [2.24, 2.45) is 0 Å². The fourth-order valence-corrected chi connectivity index (χ4v) is 3.41. The predicted octanol–water partition coefficient (Wildman–Crippen LogP) is 3.40. The fourth-order valence-electron chi connectivity index (χ4n) is 3.41. The van der Waals surface area contributed by atoms with Crippen molar-refractivity contribution in [2.75, 3.05) is 0 Å². The van der Waals surface area contributed by atoms with Gasteiger partial charge in [-0.05, 0) is 19.3 Å². The molecule has 0 aliphatic carbocycles. The van der Waals surface area contributed by atoms with E-state index in [1.165, 1.54) is 83.5 Å². The molecule has 158 valence electrons. The summed E-state index contributed by atoms with van der Waals surface area (Å²) in [5.74, 6) is 0. The van der Waals surface area contributed by atoms with Crippen LogP contribution >= 0.6 is 0 Å². The van der Waals surface area contributed by atoms with E-state index in [9.17, 15) is 5.11 Å². The van der Waals surface area contributed by atoms with E-state index in [4.69, 9.17) is 0 Å². The minimum atomic E-state index is -0.805. The van der Waals surface area contributed by atoms with Crippen LogP contribution in [0, 0.1) is 0 Å². The quantitative estimate of drug-likeness (QED) is 0.235. The van der Waals surface area contributed by atoms with Gasteiger partial charge < -0.3 is 17.5 Å². The maximum atomic E-state index is 10.4. The van der Waals surface area contributed by atoms with E-state index in [0.29, 0.717) is 0 Å². The first-order chi connectivity index (χ1) is 12.7. The highest BCUT2D eigenvalue weighted by Gasteiger charge is 2.25. The second-order valence-corrected chi connectivity index (χ2v) is 7.92. The van der Waals surface area contributed by atoms with Crippen LogP contribution < -0.4 is 17.0 Å². The molecular formula is C23H43ClN2O. The Kier molecular flexibility index (Phi) is 16.8. The topological polar surface area (TPSA) is 39.9 Å². The highest BCUT2D eigenvalue weighted by atomic mass is 35.5. The van der Waals surface area contributed by atoms with Gasteiger partial charge in [0.2, 0.25) is 12.1 Å². The van der Waals surface area contributed by atoms with Crippen molar-refractivity contribution >= 4 is 0 Å². The normalized spacial score (nSPS) is 13.6. The van der Waals surface area contributed by atoms with Crippen molar-refractivity contribution in [1.29, 1.82) is 0 Å². The Balaban J connectivity index is 0.00000676. The maximum absolute atomic E-state index is 10.4. The van der Waals surface area contributed by atoms with Crippen molar-refractivity contribution in [2.45, 2.75) is 116 Å². The van der Waals surface area contributed by atoms with Crippen molar-refractivity contribution in [3.05, 3.63) is 30.9 Å². The molecule has 0 aliphatic rings. The molecule has 0 aliphatic heterocycles. The number of aliphatic hydroxyl groups is 1. The van der Waals surface area contributed by atoms with Crippen molar-refractivity contribution < 1.29 is 22.1 Å². The van der Waals surface area contributed by atoms with Crippen LogP contribution in [0.5, 0.6) is 0 Å². The molecule has 0 spiro atoms. The van der Waals surface area contributed by atoms with E-state index in [1.54, 1.807) is 6.33 Å². The van der Waals surface area contributed by atoms with Crippen molar-refractivity contribution in [3.8, 4) is 0 Å². The lowest BCUT2D eigenvalue weighted by Gasteiger charge is -2.18. The highest BCUT2D eigenvalue weighted by Crippen LogP contribution is 2.14. The summed E-state index contributed by atoms with van der Waals surface area (Å²) in [5.41, 5.74) is -0.805. The third kappa shape index (κ3) is 13.9. The summed E-state index contributed by atoms with van der Waals surface area (Å²) >= 11 is 0. The Bertz CT molecular complexity index is 443. The molecule has 1 unspecified atom stereocenters. The van der Waals surface area contributed by atoms with Gasteiger partial charge in [-0.15, -0.1) is 0 Å². The molecule has 27 heavy (non-hydrogen) atoms. The lowest BCUT2D eigenvalue weighted by molar-refractivity contribution is -0.803. The Labute approximate surface area is 174 Å². The molecule has 0 amide bonds. The van der Waals surface area contributed by atoms with Gasteiger partial charge in [-0.1, -0.05) is 89.7 Å². The number of aromatic amines is 1. The second-order valence-electron chi connectivity index (χ2n) is 7.92. The number of hydrogen-bond acceptors (Lipinski definition) is 1. The maximum Gasteiger partial charge on any atom is 0.243 e. The number of allylic oxidation sites excluding steroid dienone is 2. The number of halogens is 1. The molecule has 4 heteroatoms. The van der Waals surface area contributed by atoms with Crippen molar-refractivity contribution in [3.63, 3.8) is 0 Å². The van der Waals surface area contributed by atoms with Crippen LogP contribution in [0.25, 0.3) is 0 Å². The fraction of sp³-hybridized carbons (Fsp3) is 0.783. The molecule has 1 rings (SSSR count). The molecule has 0 saturated heterocycles. The van der Waals surface area contributed by atoms with E-state index in [-0.39, 0.29) is 12.4 Å². The number of nitrogens with one attached hydrogen (secondary N) is 1. The molecular weight excluding hydrogens is 356 g/mol. The Morgan fingerprint density at radius 3 is 1.89 bits per heavy atom. The van der Waals surface area contributed by atoms with Crippen molar-refractivity contribution in [1.82, 2.24) is 4.98 Å². The summed E-state index contributed by atoms with van der Waals surface area (Å²) in [4.78, 5) is 2.98. The van der Waals surface area contributed by atoms with Crippen LogP contribution in [0.15, 0.2) is 30.9 Å². The molecule has 3 nitrogen and oxygen atoms in total. The molecule has 1 atom stereocenters. The second kappa shape index (κ2) is 17.3. The number of nitrogens with zero attached hydrogens (tertiary/aromatic N) is 1. The molecule has 2 N–H and O–H groups in total. The summed E-state index contributed by atoms with van der Waals surface area (Å²) in [7, 11) is 0. The van der Waals surface area contributed by atoms with Gasteiger partial charge in [0.05, 0.1) is 0 Å². The van der Waals surface area contributed by atoms with Gasteiger partial charge in [0.1, 0.15) is 12.4 Å². The van der Waals surface area contributed by atoms with E-state index in [2.05, 4.69) is 24.1 Å². The summed E-state index contributed by atoms with van der Waals surface area (Å²) in [5, 5.41) is 10.4. The molecule has 1 aromatic rings. The lowest BCUT2D eigenvalue weighted by atomic mass is 10.0. The van der Waals surface area contributed by atoms with Gasteiger partial charge in [0, 0.05) is 13.3 Å². The lowest BCUT2D eigenvalue weighted by Crippen LogP contribution is -3.00. The van der Waals surface area contributed by atoms with Crippen LogP contribution in [-0.4, -0.2) is 10.1 Å². The third-order valence-corrected chi connectivity index (χ3v) is 5.28. The van der Waals surface area contributed by atoms with Gasteiger partial charge in [-0.3, -0.25) is 4.98 Å². The molecule has 0 saturated carbocycles. The van der Waals surface area contributed by atoms with Gasteiger partial charge >= 0.3 is 0 Å². The first-order valence-electron chi connectivity index (χ1n) is 11.1. The molecule has 0 fully saturated rings. The summed E-state index contributed by atoms with van der Waals surface area (Å²) in [6, 6.07) is 0. The number of H-pyrrole nitrogens is 1. The van der Waals surface area contributed by atoms with Gasteiger partial charge in [-0.25, -0.2) is 4.57 Å². The van der Waals surface area contributed by atoms with Crippen LogP contribution in [0.3, 0.4) is 0 Å². The Hall–Kier alpha value is -0.800. The average Bonchev–Trinajstić information content (AvgIpc) is 3.17. The number of unbranched alkanes of at least 4 members (excludes halogenated alkanes) is 12. The van der Waals surface area contributed by atoms with Gasteiger partial charge in [0.15, 0.2) is 0 Å². The highest BCUT2D eigenvalue weighted by molar-refractivity contribution is 4.82. The zero-order valence-electron chi connectivity index (χ0n) is 17.8. The van der Waals surface area contributed by atoms with E-state index in [1.807, 2.05) is 23.9 Å². The standard InChI is InChI=1S/C23H42N2O.ClH/c1-3-4-5-6-7-8-9-10-11-12-13-14-15-16-17-18-19-23(2,26)25-21-20-24-22-25;/h16-17,20-22,26H,3-15,18-19H2,1-2H3;1H. The summed E-state index contributed by atoms with van der Waals surface area (Å²) < 4.78 is 1.83. The van der Waals surface area contributed by atoms with Crippen LogP contribution in [0.4, 0.5) is 0 Å². The van der Waals surface area contributed by atoms with E-state index < -0.39 is 5.72 Å². The van der Waals surface area contributed by atoms with E-state index in [0.717, 1.165) is 12.8 Å². The first-order valence-corrected chi connectivity index (χ1v) is 11.1. The number of imidazole rings is 1. The average molecular weight is 399 g/mol. The largest absolute Gasteiger partial charge is 1.00 e. The predicted molar refractivity (Wildman–Crippen MR) is 111 cm³/mol. The molecule has 1 heterocycles. The van der Waals surface area contributed by atoms with Gasteiger partial charge in [-0.2, -0.15) is 0 Å². The smallest absolute Gasteiger partial charge is 0.243 e. The SMILES string of the molecule is CCCCCCCCCCCCCCC=CCCC(C)(O)[n+]1cc[nH]c1.[Cl-]. The monoisotopic (exact) mass is 398 g/mol. The minimum absolute atomic E-state index is 0. The van der Waals surface area contributed by atoms with Crippen LogP contribution in [0.1, 0.15) is 110 Å². The van der Waals surface area contributed by atoms with Crippen LogP contribution in [-0.2, 0) is 5.72 Å². The van der Waals surface area contributed by atoms with Gasteiger partial charge in [0.25, 0.3) is 0 Å². The molecule has 0 aromatic carbocycles. The number of hydrogen-bond donors (Lipinski definition) is 2. The Morgan fingerprint density at radius 1 is 0.852 bits per heavy atom. The number of aromatic nitrogens is 2. The summed E-state index contributed by atoms with van der Waals surface area (Å²) in [6.45, 7) is 4.14. The Morgan fingerprint density at radius 2 is 1.37 bits per heavy atom. The minimum Gasteiger partial charge on any atom is -1.00 e. The van der Waals surface area contributed by atoms with Crippen LogP contribution in [0.2, 0.25) is 0 Å². The summed E-state index contributed by atoms with van der Waals surface area (Å²) in [6.07, 6.45) is 29.7. The first kappa shape index (κ1) is 26.2. The molecule has 0 bridgehead atoms.